The third-order valence-electron chi connectivity index (χ3n) is 1.78. The molecule has 0 saturated heterocycles. The van der Waals surface area contributed by atoms with Gasteiger partial charge in [0, 0.05) is 16.6 Å². The van der Waals surface area contributed by atoms with Gasteiger partial charge in [0.05, 0.1) is 0 Å². The van der Waals surface area contributed by atoms with Crippen molar-refractivity contribution in [3.8, 4) is 0 Å². The Bertz CT molecular complexity index is 515. The van der Waals surface area contributed by atoms with Gasteiger partial charge in [0.2, 0.25) is 5.95 Å². The molecule has 1 aromatic heterocycles. The lowest BCUT2D eigenvalue weighted by Gasteiger charge is -2.04. The van der Waals surface area contributed by atoms with E-state index in [9.17, 15) is 0 Å². The normalized spacial score (nSPS) is 10.2. The topological polar surface area (TPSA) is 63.8 Å². The largest absolute Gasteiger partial charge is 0.399 e. The van der Waals surface area contributed by atoms with Crippen LogP contribution >= 0.6 is 35.1 Å². The van der Waals surface area contributed by atoms with E-state index in [1.54, 1.807) is 0 Å². The average molecular weight is 287 g/mol. The molecular weight excluding hydrogens is 279 g/mol. The first-order valence-electron chi connectivity index (χ1n) is 4.62. The molecule has 88 valence electrons. The molecule has 3 N–H and O–H groups in total. The van der Waals surface area contributed by atoms with Crippen molar-refractivity contribution in [1.82, 2.24) is 9.97 Å². The molecule has 7 heteroatoms. The fourth-order valence-electron chi connectivity index (χ4n) is 1.12. The number of nitrogens with one attached hydrogen (secondary N) is 1. The van der Waals surface area contributed by atoms with Gasteiger partial charge in [-0.2, -0.15) is 0 Å². The Morgan fingerprint density at radius 1 is 1.12 bits per heavy atom. The Kier molecular flexibility index (Phi) is 3.93. The van der Waals surface area contributed by atoms with Crippen molar-refractivity contribution >= 4 is 46.8 Å². The van der Waals surface area contributed by atoms with Crippen LogP contribution in [0.3, 0.4) is 0 Å². The lowest BCUT2D eigenvalue weighted by molar-refractivity contribution is 1.18. The van der Waals surface area contributed by atoms with Crippen molar-refractivity contribution in [1.29, 1.82) is 0 Å². The molecule has 1 aromatic carbocycles. The predicted molar refractivity (Wildman–Crippen MR) is 72.4 cm³/mol. The van der Waals surface area contributed by atoms with Crippen molar-refractivity contribution in [2.24, 2.45) is 0 Å². The van der Waals surface area contributed by atoms with Crippen LogP contribution in [-0.2, 0) is 0 Å². The third-order valence-corrected chi connectivity index (χ3v) is 2.94. The Hall–Kier alpha value is -1.17. The quantitative estimate of drug-likeness (QED) is 0.514. The molecule has 0 fully saturated rings. The molecule has 17 heavy (non-hydrogen) atoms. The van der Waals surface area contributed by atoms with Gasteiger partial charge in [-0.3, -0.25) is 4.72 Å². The summed E-state index contributed by atoms with van der Waals surface area (Å²) in [5, 5.41) is 0.585. The summed E-state index contributed by atoms with van der Waals surface area (Å²) in [6, 6.07) is 8.91. The van der Waals surface area contributed by atoms with E-state index in [4.69, 9.17) is 28.9 Å². The number of anilines is 2. The summed E-state index contributed by atoms with van der Waals surface area (Å²) in [5.41, 5.74) is 6.36. The van der Waals surface area contributed by atoms with Gasteiger partial charge in [-0.05, 0) is 30.1 Å². The molecule has 0 aliphatic carbocycles. The maximum atomic E-state index is 5.75. The standard InChI is InChI=1S/C10H8Cl2N4S/c11-8-5-9(12)15-10(14-8)16-17-7-3-1-2-6(13)4-7/h1-5H,13H2,(H,14,15,16). The molecule has 0 unspecified atom stereocenters. The van der Waals surface area contributed by atoms with Crippen LogP contribution in [0.5, 0.6) is 0 Å². The lowest BCUT2D eigenvalue weighted by Crippen LogP contribution is -1.95. The minimum Gasteiger partial charge on any atom is -0.399 e. The van der Waals surface area contributed by atoms with Crippen LogP contribution in [-0.4, -0.2) is 9.97 Å². The monoisotopic (exact) mass is 286 g/mol. The highest BCUT2D eigenvalue weighted by molar-refractivity contribution is 8.00. The molecule has 4 nitrogen and oxygen atoms in total. The highest BCUT2D eigenvalue weighted by atomic mass is 35.5. The molecule has 0 aliphatic heterocycles. The highest BCUT2D eigenvalue weighted by Crippen LogP contribution is 2.22. The number of nitrogens with zero attached hydrogens (tertiary/aromatic N) is 2. The van der Waals surface area contributed by atoms with Gasteiger partial charge in [0.15, 0.2) is 0 Å². The fraction of sp³-hybridized carbons (Fsp3) is 0. The van der Waals surface area contributed by atoms with E-state index in [-0.39, 0.29) is 0 Å². The van der Waals surface area contributed by atoms with Crippen molar-refractivity contribution in [2.75, 3.05) is 10.5 Å². The van der Waals surface area contributed by atoms with Crippen LogP contribution in [0, 0.1) is 0 Å². The van der Waals surface area contributed by atoms with Gasteiger partial charge in [-0.25, -0.2) is 9.97 Å². The van der Waals surface area contributed by atoms with E-state index in [0.717, 1.165) is 4.90 Å². The van der Waals surface area contributed by atoms with Crippen molar-refractivity contribution < 1.29 is 0 Å². The van der Waals surface area contributed by atoms with Crippen molar-refractivity contribution in [3.63, 3.8) is 0 Å². The fourth-order valence-corrected chi connectivity index (χ4v) is 2.18. The first-order valence-corrected chi connectivity index (χ1v) is 6.19. The molecular formula is C10H8Cl2N4S. The summed E-state index contributed by atoms with van der Waals surface area (Å²) in [5.74, 6) is 0.356. The van der Waals surface area contributed by atoms with Crippen LogP contribution < -0.4 is 10.5 Å². The Balaban J connectivity index is 2.07. The number of benzene rings is 1. The van der Waals surface area contributed by atoms with Crippen molar-refractivity contribution in [2.45, 2.75) is 4.90 Å². The summed E-state index contributed by atoms with van der Waals surface area (Å²) >= 11 is 12.8. The Labute approximate surface area is 113 Å². The van der Waals surface area contributed by atoms with Crippen LogP contribution in [0.1, 0.15) is 0 Å². The Morgan fingerprint density at radius 2 is 1.82 bits per heavy atom. The van der Waals surface area contributed by atoms with Crippen LogP contribution in [0.2, 0.25) is 10.3 Å². The van der Waals surface area contributed by atoms with Gasteiger partial charge in [0.25, 0.3) is 0 Å². The summed E-state index contributed by atoms with van der Waals surface area (Å²) in [7, 11) is 0. The number of nitrogen functional groups attached to an aromatic ring is 1. The molecule has 1 heterocycles. The second-order valence-corrected chi connectivity index (χ2v) is 4.77. The average Bonchev–Trinajstić information content (AvgIpc) is 2.25. The number of hydrogen-bond donors (Lipinski definition) is 2. The van der Waals surface area contributed by atoms with Crippen LogP contribution in [0.15, 0.2) is 35.2 Å². The van der Waals surface area contributed by atoms with E-state index in [0.29, 0.717) is 21.9 Å². The SMILES string of the molecule is Nc1cccc(SNc2nc(Cl)cc(Cl)n2)c1. The summed E-state index contributed by atoms with van der Waals surface area (Å²) < 4.78 is 2.94. The van der Waals surface area contributed by atoms with E-state index in [2.05, 4.69) is 14.7 Å². The highest BCUT2D eigenvalue weighted by Gasteiger charge is 2.02. The second-order valence-electron chi connectivity index (χ2n) is 3.11. The Morgan fingerprint density at radius 3 is 2.47 bits per heavy atom. The number of nitrogens with two attached hydrogens (primary N) is 1. The van der Waals surface area contributed by atoms with Crippen LogP contribution in [0.25, 0.3) is 0 Å². The van der Waals surface area contributed by atoms with E-state index in [1.807, 2.05) is 24.3 Å². The van der Waals surface area contributed by atoms with E-state index in [1.165, 1.54) is 18.0 Å². The number of halogens is 2. The van der Waals surface area contributed by atoms with Crippen molar-refractivity contribution in [3.05, 3.63) is 40.6 Å². The van der Waals surface area contributed by atoms with Gasteiger partial charge in [-0.15, -0.1) is 0 Å². The zero-order valence-electron chi connectivity index (χ0n) is 8.52. The number of aromatic nitrogens is 2. The summed E-state index contributed by atoms with van der Waals surface area (Å²) in [6.45, 7) is 0. The molecule has 0 aliphatic rings. The first-order chi connectivity index (χ1) is 8.13. The van der Waals surface area contributed by atoms with Gasteiger partial charge >= 0.3 is 0 Å². The molecule has 0 amide bonds. The van der Waals surface area contributed by atoms with Gasteiger partial charge in [0.1, 0.15) is 10.3 Å². The number of hydrogen-bond acceptors (Lipinski definition) is 5. The zero-order valence-corrected chi connectivity index (χ0v) is 10.9. The molecule has 2 rings (SSSR count). The number of rotatable bonds is 3. The lowest BCUT2D eigenvalue weighted by atomic mass is 10.3. The van der Waals surface area contributed by atoms with Crippen LogP contribution in [0.4, 0.5) is 11.6 Å². The molecule has 2 aromatic rings. The maximum absolute atomic E-state index is 5.75. The van der Waals surface area contributed by atoms with Gasteiger partial charge in [-0.1, -0.05) is 29.3 Å². The molecule has 0 radical (unpaired) electrons. The van der Waals surface area contributed by atoms with E-state index >= 15 is 0 Å². The van der Waals surface area contributed by atoms with E-state index < -0.39 is 0 Å². The summed E-state index contributed by atoms with van der Waals surface area (Å²) in [4.78, 5) is 8.91. The molecule has 0 saturated carbocycles. The minimum atomic E-state index is 0.292. The molecule has 0 atom stereocenters. The minimum absolute atomic E-state index is 0.292. The second kappa shape index (κ2) is 5.44. The molecule has 0 spiro atoms. The zero-order chi connectivity index (χ0) is 12.3. The first kappa shape index (κ1) is 12.3. The third kappa shape index (κ3) is 3.66. The maximum Gasteiger partial charge on any atom is 0.235 e. The smallest absolute Gasteiger partial charge is 0.235 e. The molecule has 0 bridgehead atoms. The predicted octanol–water partition coefficient (Wildman–Crippen LogP) is 3.48. The summed E-state index contributed by atoms with van der Waals surface area (Å²) in [6.07, 6.45) is 0. The van der Waals surface area contributed by atoms with Gasteiger partial charge < -0.3 is 5.73 Å².